The molecule has 0 fully saturated rings. The Morgan fingerprint density at radius 3 is 1.94 bits per heavy atom. The fourth-order valence-corrected chi connectivity index (χ4v) is 5.30. The first-order valence-electron chi connectivity index (χ1n) is 12.2. The van der Waals surface area contributed by atoms with Gasteiger partial charge in [-0.15, -0.1) is 0 Å². The van der Waals surface area contributed by atoms with Gasteiger partial charge in [0, 0.05) is 0 Å². The molecular weight excluding hydrogens is 388 g/mol. The minimum absolute atomic E-state index is 0.504. The van der Waals surface area contributed by atoms with Crippen molar-refractivity contribution in [3.8, 4) is 17.2 Å². The topological polar surface area (TPSA) is 27.0 Å². The summed E-state index contributed by atoms with van der Waals surface area (Å²) >= 11 is 0. The van der Waals surface area contributed by atoms with Crippen molar-refractivity contribution in [3.05, 3.63) is 95.6 Å². The monoisotopic (exact) mass is 422 g/mol. The molecule has 3 aromatic rings. The summed E-state index contributed by atoms with van der Waals surface area (Å²) in [6.07, 6.45) is 6.63. The van der Waals surface area contributed by atoms with Crippen molar-refractivity contribution >= 4 is 0 Å². The van der Waals surface area contributed by atoms with Crippen molar-refractivity contribution in [2.75, 3.05) is 19.6 Å². The molecule has 2 heteroatoms. The number of hydrogen-bond acceptors (Lipinski definition) is 2. The van der Waals surface area contributed by atoms with Crippen LogP contribution in [-0.2, 0) is 11.8 Å². The van der Waals surface area contributed by atoms with E-state index in [1.54, 1.807) is 0 Å². The van der Waals surface area contributed by atoms with E-state index < -0.39 is 5.41 Å². The highest BCUT2D eigenvalue weighted by molar-refractivity contribution is 5.82. The van der Waals surface area contributed by atoms with Crippen LogP contribution in [0.2, 0.25) is 0 Å². The molecule has 0 aliphatic heterocycles. The van der Waals surface area contributed by atoms with E-state index in [1.807, 2.05) is 0 Å². The number of nitriles is 1. The smallest absolute Gasteiger partial charge is 0.108 e. The van der Waals surface area contributed by atoms with Gasteiger partial charge in [-0.3, -0.25) is 0 Å². The number of hydrogen-bond donors (Lipinski definition) is 0. The molecule has 0 N–H and O–H groups in total. The van der Waals surface area contributed by atoms with Gasteiger partial charge in [0.1, 0.15) is 5.41 Å². The van der Waals surface area contributed by atoms with Crippen LogP contribution < -0.4 is 0 Å². The second-order valence-corrected chi connectivity index (χ2v) is 9.00. The van der Waals surface area contributed by atoms with Crippen LogP contribution in [-0.4, -0.2) is 24.5 Å². The molecule has 0 bridgehead atoms. The minimum Gasteiger partial charge on any atom is -0.303 e. The van der Waals surface area contributed by atoms with Crippen LogP contribution >= 0.6 is 0 Å². The number of unbranched alkanes of at least 4 members (excludes halogenated alkanes) is 1. The van der Waals surface area contributed by atoms with Gasteiger partial charge in [0.2, 0.25) is 0 Å². The Morgan fingerprint density at radius 1 is 0.719 bits per heavy atom. The Morgan fingerprint density at radius 2 is 1.31 bits per heavy atom. The normalized spacial score (nSPS) is 13.5. The van der Waals surface area contributed by atoms with E-state index >= 15 is 0 Å². The summed E-state index contributed by atoms with van der Waals surface area (Å²) in [5, 5.41) is 10.4. The molecule has 0 saturated carbocycles. The van der Waals surface area contributed by atoms with E-state index in [0.717, 1.165) is 45.3 Å². The average Bonchev–Trinajstić information content (AvgIpc) is 3.13. The second-order valence-electron chi connectivity index (χ2n) is 9.00. The highest BCUT2D eigenvalue weighted by Crippen LogP contribution is 2.50. The highest BCUT2D eigenvalue weighted by atomic mass is 15.1. The van der Waals surface area contributed by atoms with Crippen LogP contribution in [0.5, 0.6) is 0 Å². The van der Waals surface area contributed by atoms with E-state index in [0.29, 0.717) is 0 Å². The van der Waals surface area contributed by atoms with Crippen LogP contribution in [0.25, 0.3) is 11.1 Å². The molecule has 3 aromatic carbocycles. The minimum atomic E-state index is -0.504. The SMILES string of the molecule is CCCN(CCCCC1(C#N)c2ccccc2-c2ccccc21)CCCc1ccccc1. The third-order valence-corrected chi connectivity index (χ3v) is 6.85. The molecule has 1 aliphatic carbocycles. The van der Waals surface area contributed by atoms with Crippen molar-refractivity contribution in [3.63, 3.8) is 0 Å². The van der Waals surface area contributed by atoms with E-state index in [-0.39, 0.29) is 0 Å². The molecule has 0 heterocycles. The maximum atomic E-state index is 10.4. The summed E-state index contributed by atoms with van der Waals surface area (Å²) in [5.74, 6) is 0. The van der Waals surface area contributed by atoms with Gasteiger partial charge < -0.3 is 4.90 Å². The fraction of sp³-hybridized carbons (Fsp3) is 0.367. The lowest BCUT2D eigenvalue weighted by molar-refractivity contribution is 0.263. The van der Waals surface area contributed by atoms with Crippen molar-refractivity contribution in [1.82, 2.24) is 4.90 Å². The molecule has 0 unspecified atom stereocenters. The first kappa shape index (κ1) is 22.3. The van der Waals surface area contributed by atoms with Crippen molar-refractivity contribution in [2.24, 2.45) is 0 Å². The molecule has 4 rings (SSSR count). The summed E-state index contributed by atoms with van der Waals surface area (Å²) in [6.45, 7) is 5.69. The molecule has 0 aromatic heterocycles. The Hall–Kier alpha value is -2.89. The average molecular weight is 423 g/mol. The van der Waals surface area contributed by atoms with Crippen LogP contribution in [0, 0.1) is 11.3 Å². The van der Waals surface area contributed by atoms with Crippen LogP contribution in [0.15, 0.2) is 78.9 Å². The van der Waals surface area contributed by atoms with Crippen LogP contribution in [0.1, 0.15) is 55.7 Å². The molecule has 0 spiro atoms. The standard InChI is InChI=1S/C30H34N2/c1-2-21-32(23-12-15-25-13-4-3-5-14-25)22-11-10-20-30(24-31)28-18-8-6-16-26(28)27-17-7-9-19-29(27)30/h3-9,13-14,16-19H,2,10-12,15,20-23H2,1H3. The maximum Gasteiger partial charge on any atom is 0.108 e. The maximum absolute atomic E-state index is 10.4. The van der Waals surface area contributed by atoms with Crippen LogP contribution in [0.4, 0.5) is 0 Å². The van der Waals surface area contributed by atoms with Gasteiger partial charge in [-0.05, 0) is 86.0 Å². The summed E-state index contributed by atoms with van der Waals surface area (Å²) in [4.78, 5) is 2.61. The first-order chi connectivity index (χ1) is 15.8. The van der Waals surface area contributed by atoms with Crippen LogP contribution in [0.3, 0.4) is 0 Å². The molecule has 0 amide bonds. The van der Waals surface area contributed by atoms with Gasteiger partial charge in [-0.2, -0.15) is 5.26 Å². The molecule has 0 radical (unpaired) electrons. The van der Waals surface area contributed by atoms with E-state index in [2.05, 4.69) is 96.8 Å². The number of benzene rings is 3. The number of fused-ring (bicyclic) bond motifs is 3. The summed E-state index contributed by atoms with van der Waals surface area (Å²) in [6, 6.07) is 30.5. The number of nitrogens with zero attached hydrogens (tertiary/aromatic N) is 2. The van der Waals surface area contributed by atoms with Crippen molar-refractivity contribution in [2.45, 2.75) is 50.9 Å². The zero-order valence-corrected chi connectivity index (χ0v) is 19.3. The highest BCUT2D eigenvalue weighted by Gasteiger charge is 2.42. The number of aryl methyl sites for hydroxylation is 1. The molecule has 32 heavy (non-hydrogen) atoms. The molecule has 2 nitrogen and oxygen atoms in total. The summed E-state index contributed by atoms with van der Waals surface area (Å²) in [5.41, 5.74) is 5.78. The molecule has 1 aliphatic rings. The lowest BCUT2D eigenvalue weighted by atomic mass is 9.75. The largest absolute Gasteiger partial charge is 0.303 e. The third kappa shape index (κ3) is 4.64. The predicted octanol–water partition coefficient (Wildman–Crippen LogP) is 6.99. The molecule has 0 atom stereocenters. The Labute approximate surface area is 193 Å². The van der Waals surface area contributed by atoms with Gasteiger partial charge in [0.15, 0.2) is 0 Å². The Bertz CT molecular complexity index is 1000. The first-order valence-corrected chi connectivity index (χ1v) is 12.2. The summed E-state index contributed by atoms with van der Waals surface area (Å²) < 4.78 is 0. The van der Waals surface area contributed by atoms with Gasteiger partial charge in [0.05, 0.1) is 6.07 Å². The molecule has 164 valence electrons. The van der Waals surface area contributed by atoms with E-state index in [4.69, 9.17) is 0 Å². The van der Waals surface area contributed by atoms with Gasteiger partial charge in [-0.1, -0.05) is 85.8 Å². The third-order valence-electron chi connectivity index (χ3n) is 6.85. The second kappa shape index (κ2) is 10.6. The Balaban J connectivity index is 1.36. The predicted molar refractivity (Wildman–Crippen MR) is 134 cm³/mol. The van der Waals surface area contributed by atoms with E-state index in [9.17, 15) is 5.26 Å². The van der Waals surface area contributed by atoms with Crippen molar-refractivity contribution < 1.29 is 0 Å². The zero-order chi connectivity index (χ0) is 22.2. The lowest BCUT2D eigenvalue weighted by Crippen LogP contribution is -2.28. The van der Waals surface area contributed by atoms with Gasteiger partial charge in [-0.25, -0.2) is 0 Å². The zero-order valence-electron chi connectivity index (χ0n) is 19.3. The summed E-state index contributed by atoms with van der Waals surface area (Å²) in [7, 11) is 0. The van der Waals surface area contributed by atoms with Gasteiger partial charge in [0.25, 0.3) is 0 Å². The molecule has 0 saturated heterocycles. The quantitative estimate of drug-likeness (QED) is 0.311. The Kier molecular flexibility index (Phi) is 7.40. The lowest BCUT2D eigenvalue weighted by Gasteiger charge is -2.26. The molecular formula is C30H34N2. The number of rotatable bonds is 11. The fourth-order valence-electron chi connectivity index (χ4n) is 5.30. The van der Waals surface area contributed by atoms with Crippen molar-refractivity contribution in [1.29, 1.82) is 5.26 Å². The van der Waals surface area contributed by atoms with E-state index in [1.165, 1.54) is 40.7 Å². The van der Waals surface area contributed by atoms with Gasteiger partial charge >= 0.3 is 0 Å².